The molecule has 4 nitrogen and oxygen atoms in total. The van der Waals surface area contributed by atoms with Crippen molar-refractivity contribution < 1.29 is 4.74 Å². The maximum Gasteiger partial charge on any atom is 0.174 e. The average Bonchev–Trinajstić information content (AvgIpc) is 2.55. The lowest BCUT2D eigenvalue weighted by Gasteiger charge is -2.29. The quantitative estimate of drug-likeness (QED) is 0.772. The first kappa shape index (κ1) is 18.2. The van der Waals surface area contributed by atoms with Crippen molar-refractivity contribution in [3.63, 3.8) is 0 Å². The van der Waals surface area contributed by atoms with E-state index in [0.29, 0.717) is 16.7 Å². The van der Waals surface area contributed by atoms with Gasteiger partial charge in [0.05, 0.1) is 7.11 Å². The Morgan fingerprint density at radius 3 is 2.58 bits per heavy atom. The SMILES string of the molecule is COc1cccnc1NC(=S)N[C@@H](C)CC(C)(C)c1ccccc1. The third kappa shape index (κ3) is 4.93. The van der Waals surface area contributed by atoms with Crippen molar-refractivity contribution in [2.75, 3.05) is 12.4 Å². The molecule has 0 amide bonds. The van der Waals surface area contributed by atoms with E-state index >= 15 is 0 Å². The van der Waals surface area contributed by atoms with Gasteiger partial charge in [0.15, 0.2) is 16.7 Å². The molecule has 0 aliphatic rings. The van der Waals surface area contributed by atoms with E-state index in [0.717, 1.165) is 6.42 Å². The van der Waals surface area contributed by atoms with Crippen LogP contribution in [0.15, 0.2) is 48.7 Å². The predicted molar refractivity (Wildman–Crippen MR) is 104 cm³/mol. The molecule has 2 aromatic rings. The molecule has 24 heavy (non-hydrogen) atoms. The minimum atomic E-state index is 0.0615. The molecular weight excluding hydrogens is 318 g/mol. The fourth-order valence-corrected chi connectivity index (χ4v) is 3.14. The van der Waals surface area contributed by atoms with Gasteiger partial charge in [-0.1, -0.05) is 44.2 Å². The Morgan fingerprint density at radius 1 is 1.21 bits per heavy atom. The van der Waals surface area contributed by atoms with Crippen molar-refractivity contribution in [3.05, 3.63) is 54.2 Å². The summed E-state index contributed by atoms with van der Waals surface area (Å²) in [6.45, 7) is 6.63. The topological polar surface area (TPSA) is 46.2 Å². The van der Waals surface area contributed by atoms with Gasteiger partial charge in [-0.15, -0.1) is 0 Å². The Bertz CT molecular complexity index is 673. The summed E-state index contributed by atoms with van der Waals surface area (Å²) in [5, 5.41) is 6.98. The van der Waals surface area contributed by atoms with E-state index in [4.69, 9.17) is 17.0 Å². The number of anilines is 1. The first-order chi connectivity index (χ1) is 11.4. The third-order valence-electron chi connectivity index (χ3n) is 3.97. The van der Waals surface area contributed by atoms with Crippen molar-refractivity contribution >= 4 is 23.1 Å². The Kier molecular flexibility index (Phi) is 6.15. The zero-order chi connectivity index (χ0) is 17.6. The first-order valence-electron chi connectivity index (χ1n) is 8.04. The second kappa shape index (κ2) is 8.11. The van der Waals surface area contributed by atoms with E-state index in [2.05, 4.69) is 60.7 Å². The Hall–Kier alpha value is -2.14. The summed E-state index contributed by atoms with van der Waals surface area (Å²) in [6.07, 6.45) is 2.66. The van der Waals surface area contributed by atoms with E-state index in [1.165, 1.54) is 5.56 Å². The molecule has 1 atom stereocenters. The van der Waals surface area contributed by atoms with Crippen LogP contribution in [0.2, 0.25) is 0 Å². The number of hydrogen-bond acceptors (Lipinski definition) is 3. The molecule has 5 heteroatoms. The minimum absolute atomic E-state index is 0.0615. The molecule has 0 radical (unpaired) electrons. The molecule has 2 N–H and O–H groups in total. The molecule has 1 aromatic carbocycles. The normalized spacial score (nSPS) is 12.3. The summed E-state index contributed by atoms with van der Waals surface area (Å²) in [6, 6.07) is 14.4. The van der Waals surface area contributed by atoms with Crippen LogP contribution in [0.25, 0.3) is 0 Å². The largest absolute Gasteiger partial charge is 0.493 e. The zero-order valence-corrected chi connectivity index (χ0v) is 15.5. The fraction of sp³-hybridized carbons (Fsp3) is 0.368. The smallest absolute Gasteiger partial charge is 0.174 e. The molecule has 1 aromatic heterocycles. The average molecular weight is 343 g/mol. The summed E-state index contributed by atoms with van der Waals surface area (Å²) in [7, 11) is 1.61. The van der Waals surface area contributed by atoms with Gasteiger partial charge in [-0.2, -0.15) is 0 Å². The molecule has 0 aliphatic carbocycles. The number of benzene rings is 1. The van der Waals surface area contributed by atoms with Gasteiger partial charge in [-0.25, -0.2) is 4.98 Å². The van der Waals surface area contributed by atoms with Gasteiger partial charge in [0.1, 0.15) is 0 Å². The Labute approximate surface area is 149 Å². The highest BCUT2D eigenvalue weighted by Gasteiger charge is 2.23. The highest BCUT2D eigenvalue weighted by molar-refractivity contribution is 7.80. The van der Waals surface area contributed by atoms with E-state index in [9.17, 15) is 0 Å². The van der Waals surface area contributed by atoms with Crippen molar-refractivity contribution in [1.82, 2.24) is 10.3 Å². The van der Waals surface area contributed by atoms with Gasteiger partial charge in [-0.3, -0.25) is 0 Å². The van der Waals surface area contributed by atoms with E-state index < -0.39 is 0 Å². The predicted octanol–water partition coefficient (Wildman–Crippen LogP) is 4.13. The highest BCUT2D eigenvalue weighted by Crippen LogP contribution is 2.28. The lowest BCUT2D eigenvalue weighted by molar-refractivity contribution is 0.414. The maximum atomic E-state index is 5.41. The molecule has 0 aliphatic heterocycles. The number of thiocarbonyl (C=S) groups is 1. The number of ether oxygens (including phenoxy) is 1. The third-order valence-corrected chi connectivity index (χ3v) is 4.19. The van der Waals surface area contributed by atoms with Crippen LogP contribution in [0.4, 0.5) is 5.82 Å². The van der Waals surface area contributed by atoms with Crippen LogP contribution in [-0.4, -0.2) is 23.2 Å². The summed E-state index contributed by atoms with van der Waals surface area (Å²) in [5.74, 6) is 1.28. The van der Waals surface area contributed by atoms with Gasteiger partial charge >= 0.3 is 0 Å². The van der Waals surface area contributed by atoms with Crippen LogP contribution in [0, 0.1) is 0 Å². The van der Waals surface area contributed by atoms with Gasteiger partial charge < -0.3 is 15.4 Å². The summed E-state index contributed by atoms with van der Waals surface area (Å²) in [5.41, 5.74) is 1.38. The fourth-order valence-electron chi connectivity index (χ4n) is 2.84. The molecule has 2 rings (SSSR count). The molecule has 1 heterocycles. The zero-order valence-electron chi connectivity index (χ0n) is 14.7. The number of hydrogen-bond donors (Lipinski definition) is 2. The number of nitrogens with zero attached hydrogens (tertiary/aromatic N) is 1. The summed E-state index contributed by atoms with van der Waals surface area (Å²) in [4.78, 5) is 4.26. The number of pyridine rings is 1. The molecular formula is C19H25N3OS. The second-order valence-electron chi connectivity index (χ2n) is 6.51. The van der Waals surface area contributed by atoms with E-state index in [1.807, 2.05) is 18.2 Å². The van der Waals surface area contributed by atoms with Crippen LogP contribution in [0.1, 0.15) is 32.8 Å². The monoisotopic (exact) mass is 343 g/mol. The molecule has 0 spiro atoms. The van der Waals surface area contributed by atoms with Gasteiger partial charge in [0.25, 0.3) is 0 Å². The second-order valence-corrected chi connectivity index (χ2v) is 6.92. The van der Waals surface area contributed by atoms with Crippen LogP contribution < -0.4 is 15.4 Å². The number of methoxy groups -OCH3 is 1. The van der Waals surface area contributed by atoms with Crippen molar-refractivity contribution in [2.45, 2.75) is 38.6 Å². The van der Waals surface area contributed by atoms with Crippen molar-refractivity contribution in [1.29, 1.82) is 0 Å². The highest BCUT2D eigenvalue weighted by atomic mass is 32.1. The van der Waals surface area contributed by atoms with Gasteiger partial charge in [0.2, 0.25) is 0 Å². The van der Waals surface area contributed by atoms with Crippen LogP contribution in [-0.2, 0) is 5.41 Å². The molecule has 0 unspecified atom stereocenters. The molecule has 128 valence electrons. The van der Waals surface area contributed by atoms with Gasteiger partial charge in [0, 0.05) is 12.2 Å². The first-order valence-corrected chi connectivity index (χ1v) is 8.45. The molecule has 0 saturated carbocycles. The Morgan fingerprint density at radius 2 is 1.92 bits per heavy atom. The lowest BCUT2D eigenvalue weighted by Crippen LogP contribution is -2.39. The minimum Gasteiger partial charge on any atom is -0.493 e. The van der Waals surface area contributed by atoms with Gasteiger partial charge in [-0.05, 0) is 48.7 Å². The van der Waals surface area contributed by atoms with Crippen LogP contribution in [0.5, 0.6) is 5.75 Å². The number of rotatable bonds is 6. The standard InChI is InChI=1S/C19H25N3OS/c1-14(13-19(2,3)15-9-6-5-7-10-15)21-18(24)22-17-16(23-4)11-8-12-20-17/h5-12,14H,13H2,1-4H3,(H2,20,21,22,24)/t14-/m0/s1. The molecule has 0 bridgehead atoms. The number of nitrogens with one attached hydrogen (secondary N) is 2. The number of aromatic nitrogens is 1. The van der Waals surface area contributed by atoms with Crippen LogP contribution in [0.3, 0.4) is 0 Å². The van der Waals surface area contributed by atoms with E-state index in [-0.39, 0.29) is 11.5 Å². The lowest BCUT2D eigenvalue weighted by atomic mass is 9.79. The van der Waals surface area contributed by atoms with E-state index in [1.54, 1.807) is 13.3 Å². The van der Waals surface area contributed by atoms with Crippen molar-refractivity contribution in [2.24, 2.45) is 0 Å². The maximum absolute atomic E-state index is 5.41. The summed E-state index contributed by atoms with van der Waals surface area (Å²) >= 11 is 5.41. The molecule has 0 fully saturated rings. The molecule has 0 saturated heterocycles. The van der Waals surface area contributed by atoms with Crippen LogP contribution >= 0.6 is 12.2 Å². The Balaban J connectivity index is 1.94. The summed E-state index contributed by atoms with van der Waals surface area (Å²) < 4.78 is 5.28. The van der Waals surface area contributed by atoms with Crippen molar-refractivity contribution in [3.8, 4) is 5.75 Å².